The molecule has 3 N–H and O–H groups in total. The van der Waals surface area contributed by atoms with Crippen molar-refractivity contribution in [3.8, 4) is 11.5 Å². The van der Waals surface area contributed by atoms with Crippen LogP contribution in [-0.4, -0.2) is 131 Å². The highest BCUT2D eigenvalue weighted by Crippen LogP contribution is 2.41. The van der Waals surface area contributed by atoms with Gasteiger partial charge in [0.2, 0.25) is 11.9 Å². The van der Waals surface area contributed by atoms with E-state index in [1.807, 2.05) is 62.5 Å². The van der Waals surface area contributed by atoms with Crippen LogP contribution in [0.3, 0.4) is 0 Å². The lowest BCUT2D eigenvalue weighted by molar-refractivity contribution is -0.384. The van der Waals surface area contributed by atoms with Crippen molar-refractivity contribution in [1.29, 1.82) is 0 Å². The van der Waals surface area contributed by atoms with E-state index in [0.717, 1.165) is 102 Å². The molecule has 12 rings (SSSR count). The summed E-state index contributed by atoms with van der Waals surface area (Å²) in [6.45, 7) is 19.4. The highest BCUT2D eigenvalue weighted by atomic mass is 35.5. The van der Waals surface area contributed by atoms with Crippen molar-refractivity contribution in [3.63, 3.8) is 0 Å². The van der Waals surface area contributed by atoms with Crippen LogP contribution in [0.25, 0.3) is 21.8 Å². The predicted octanol–water partition coefficient (Wildman–Crippen LogP) is 13.1. The summed E-state index contributed by atoms with van der Waals surface area (Å²) < 4.78 is 25.3. The fourth-order valence-electron chi connectivity index (χ4n) is 11.7. The van der Waals surface area contributed by atoms with Gasteiger partial charge in [-0.1, -0.05) is 69.1 Å². The quantitative estimate of drug-likeness (QED) is 0.0502. The molecule has 27 heteroatoms. The first-order chi connectivity index (χ1) is 46.6. The number of aryl methyl sites for hydroxylation is 3. The van der Waals surface area contributed by atoms with Crippen LogP contribution in [0.1, 0.15) is 78.7 Å². The molecule has 0 aliphatic carbocycles. The molecule has 0 radical (unpaired) electrons. The zero-order valence-corrected chi connectivity index (χ0v) is 58.0. The zero-order chi connectivity index (χ0) is 69.2. The number of nitrogens with zero attached hydrogens (tertiary/aromatic N) is 11. The molecule has 1 unspecified atom stereocenters. The van der Waals surface area contributed by atoms with E-state index >= 15 is 0 Å². The lowest BCUT2D eigenvalue weighted by atomic mass is 9.98. The van der Waals surface area contributed by atoms with Gasteiger partial charge in [-0.3, -0.25) is 29.3 Å². The van der Waals surface area contributed by atoms with Crippen LogP contribution in [0, 0.1) is 16.0 Å². The first kappa shape index (κ1) is 70.7. The number of nitro groups is 1. The summed E-state index contributed by atoms with van der Waals surface area (Å²) in [6, 6.07) is 23.9. The highest BCUT2D eigenvalue weighted by Gasteiger charge is 2.28. The number of anilines is 10. The van der Waals surface area contributed by atoms with Crippen LogP contribution in [0.4, 0.5) is 63.3 Å². The standard InChI is InChI=1S/C24H28ClN5O4.C23H26ClN5O4.C23H27ClN4O2/c1-4-17(31)14-34-21-11-15-10-16(6-7-20(15)29(3)23(21)32)27-22-19(25)12-26-24(28-22)30-8-9-33-18(5-2)13-30;1-4-17(30)13-33-20-10-15-9-16(5-6-19(15)28(3)22(20)31)26-21-18(24)11-25-23(27-21)29-7-8-32-14(2)12-29;1-15-8-10-27(11-9-15)22-14-20(19(24)13-23(22)28(29)30)25-18-6-7-21-17(12-18)5-4-16(2)26(21)3/h6-7,10-12,18H,4-5,8-9,13-14H2,1-3H3,(H,26,27,28);5-6,9-11,14H,4,7-8,12-13H2,1-3H3,(H,25,26,27);6-7,12-15,25H,2,4-5,8-11H2,1,3H3/t;14-;/m.1./s1. The van der Waals surface area contributed by atoms with E-state index in [9.17, 15) is 29.3 Å². The third-order valence-electron chi connectivity index (χ3n) is 17.6. The lowest BCUT2D eigenvalue weighted by Gasteiger charge is -2.32. The number of allylic oxidation sites excluding steroid dienone is 1. The second kappa shape index (κ2) is 31.9. The number of rotatable bonds is 19. The van der Waals surface area contributed by atoms with E-state index in [-0.39, 0.29) is 70.2 Å². The van der Waals surface area contributed by atoms with E-state index < -0.39 is 0 Å². The molecular weight excluding hydrogens is 1300 g/mol. The van der Waals surface area contributed by atoms with Crippen molar-refractivity contribution >= 4 is 132 Å². The molecule has 0 saturated carbocycles. The number of nitro benzene ring substituents is 1. The Hall–Kier alpha value is -9.07. The molecule has 3 fully saturated rings. The molecule has 8 heterocycles. The first-order valence-electron chi connectivity index (χ1n) is 32.5. The molecule has 512 valence electrons. The predicted molar refractivity (Wildman–Crippen MR) is 385 cm³/mol. The fraction of sp³-hybridized carbons (Fsp3) is 0.400. The number of hydrogen-bond donors (Lipinski definition) is 3. The van der Waals surface area contributed by atoms with Gasteiger partial charge in [0.25, 0.3) is 16.8 Å². The van der Waals surface area contributed by atoms with Gasteiger partial charge < -0.3 is 63.6 Å². The summed E-state index contributed by atoms with van der Waals surface area (Å²) in [4.78, 5) is 86.2. The fourth-order valence-corrected chi connectivity index (χ4v) is 12.1. The molecule has 24 nitrogen and oxygen atoms in total. The van der Waals surface area contributed by atoms with Crippen molar-refractivity contribution in [2.24, 2.45) is 20.0 Å². The molecule has 4 aliphatic heterocycles. The molecule has 3 saturated heterocycles. The van der Waals surface area contributed by atoms with Gasteiger partial charge in [0, 0.05) is 119 Å². The van der Waals surface area contributed by atoms with Crippen molar-refractivity contribution in [1.82, 2.24) is 29.1 Å². The number of ether oxygens (including phenoxy) is 4. The minimum atomic E-state index is -0.343. The van der Waals surface area contributed by atoms with Crippen molar-refractivity contribution < 1.29 is 33.5 Å². The van der Waals surface area contributed by atoms with E-state index in [2.05, 4.69) is 88.0 Å². The Kier molecular flexibility index (Phi) is 23.2. The van der Waals surface area contributed by atoms with Gasteiger partial charge in [-0.15, -0.1) is 0 Å². The summed E-state index contributed by atoms with van der Waals surface area (Å²) in [5.41, 5.74) is 8.17. The number of piperidine rings is 1. The van der Waals surface area contributed by atoms with Crippen molar-refractivity contribution in [2.45, 2.75) is 91.8 Å². The summed E-state index contributed by atoms with van der Waals surface area (Å²) in [7, 11) is 5.38. The van der Waals surface area contributed by atoms with E-state index in [4.69, 9.17) is 53.8 Å². The topological polar surface area (TPSA) is 259 Å². The van der Waals surface area contributed by atoms with Gasteiger partial charge in [0.05, 0.1) is 64.5 Å². The number of morpholine rings is 2. The van der Waals surface area contributed by atoms with E-state index in [1.54, 1.807) is 52.5 Å². The largest absolute Gasteiger partial charge is 0.480 e. The van der Waals surface area contributed by atoms with Crippen molar-refractivity contribution in [2.75, 3.05) is 108 Å². The van der Waals surface area contributed by atoms with Gasteiger partial charge >= 0.3 is 0 Å². The third kappa shape index (κ3) is 17.2. The van der Waals surface area contributed by atoms with Crippen LogP contribution < -0.4 is 56.1 Å². The van der Waals surface area contributed by atoms with Gasteiger partial charge in [0.15, 0.2) is 34.7 Å². The number of benzene rings is 4. The van der Waals surface area contributed by atoms with Crippen LogP contribution in [0.2, 0.25) is 15.1 Å². The number of ketones is 2. The average Bonchev–Trinajstić information content (AvgIpc) is 0.820. The number of pyridine rings is 2. The minimum absolute atomic E-state index is 0.0608. The van der Waals surface area contributed by atoms with E-state index in [1.165, 1.54) is 20.8 Å². The summed E-state index contributed by atoms with van der Waals surface area (Å²) >= 11 is 19.2. The molecule has 0 bridgehead atoms. The molecule has 8 aromatic rings. The Morgan fingerprint density at radius 2 is 1.18 bits per heavy atom. The summed E-state index contributed by atoms with van der Waals surface area (Å²) in [5, 5.41) is 24.2. The Balaban J connectivity index is 0.000000158. The Labute approximate surface area is 577 Å². The number of carbonyl (C=O) groups excluding carboxylic acids is 2. The van der Waals surface area contributed by atoms with Crippen LogP contribution >= 0.6 is 34.8 Å². The number of aromatic nitrogens is 6. The number of fused-ring (bicyclic) bond motifs is 3. The molecule has 0 amide bonds. The molecular formula is C70H81Cl3N14O10. The SMILES string of the molecule is C=C1CCc2cc(Nc3cc(N4CCC(C)CC4)c([N+](=O)[O-])cc3Cl)ccc2N1C.CCC(=O)COc1cc2cc(Nc3nc(N4CCOC(CC)C4)ncc3Cl)ccc2n(C)c1=O.CCC(=O)COc1cc2cc(Nc3nc(N4CCO[C@H](C)C4)ncc3Cl)ccc2n(C)c1=O. The number of halogens is 3. The van der Waals surface area contributed by atoms with Crippen LogP contribution in [0.15, 0.2) is 113 Å². The molecule has 0 spiro atoms. The Bertz CT molecular complexity index is 4370. The molecule has 4 aromatic heterocycles. The highest BCUT2D eigenvalue weighted by molar-refractivity contribution is 6.34. The first-order valence-corrected chi connectivity index (χ1v) is 33.6. The van der Waals surface area contributed by atoms with Crippen molar-refractivity contribution in [3.05, 3.63) is 155 Å². The minimum Gasteiger partial charge on any atom is -0.480 e. The average molecular weight is 1380 g/mol. The third-order valence-corrected chi connectivity index (χ3v) is 18.5. The number of Topliss-reactive ketones (excluding diaryl/α,β-unsaturated/α-hetero) is 2. The zero-order valence-electron chi connectivity index (χ0n) is 55.8. The van der Waals surface area contributed by atoms with Crippen LogP contribution in [-0.2, 0) is 39.6 Å². The van der Waals surface area contributed by atoms with Crippen LogP contribution in [0.5, 0.6) is 11.5 Å². The maximum Gasteiger partial charge on any atom is 0.294 e. The monoisotopic (exact) mass is 1380 g/mol. The number of carbonyl (C=O) groups is 2. The Morgan fingerprint density at radius 3 is 1.70 bits per heavy atom. The smallest absolute Gasteiger partial charge is 0.294 e. The lowest BCUT2D eigenvalue weighted by Crippen LogP contribution is -2.43. The normalized spacial score (nSPS) is 16.4. The summed E-state index contributed by atoms with van der Waals surface area (Å²) in [6.07, 6.45) is 9.00. The maximum atomic E-state index is 12.6. The molecule has 4 aliphatic rings. The van der Waals surface area contributed by atoms with Gasteiger partial charge in [-0.2, -0.15) is 9.97 Å². The number of nitrogens with one attached hydrogen (secondary N) is 3. The summed E-state index contributed by atoms with van der Waals surface area (Å²) in [5.74, 6) is 2.91. The van der Waals surface area contributed by atoms with Gasteiger partial charge in [-0.05, 0) is 123 Å². The van der Waals surface area contributed by atoms with Gasteiger partial charge in [-0.25, -0.2) is 9.97 Å². The number of hydrogen-bond acceptors (Lipinski definition) is 21. The van der Waals surface area contributed by atoms with E-state index in [0.29, 0.717) is 102 Å². The maximum absolute atomic E-state index is 12.6. The Morgan fingerprint density at radius 1 is 0.649 bits per heavy atom. The molecule has 2 atom stereocenters. The molecule has 4 aromatic carbocycles. The second-order valence-electron chi connectivity index (χ2n) is 24.5. The molecule has 97 heavy (non-hydrogen) atoms. The second-order valence-corrected chi connectivity index (χ2v) is 25.7. The van der Waals surface area contributed by atoms with Gasteiger partial charge in [0.1, 0.15) is 28.9 Å².